The van der Waals surface area contributed by atoms with Crippen LogP contribution in [0.15, 0.2) is 60.0 Å². The molecule has 2 aromatic carbocycles. The van der Waals surface area contributed by atoms with Crippen molar-refractivity contribution in [1.82, 2.24) is 14.5 Å². The van der Waals surface area contributed by atoms with Gasteiger partial charge in [0.1, 0.15) is 6.33 Å². The standard InChI is InChI=1S/C16H12Cl2N4S/c17-14-7-3-1-5-12(14)9-19-22-11-20-21(16(22)23)10-13-6-2-4-8-15(13)18/h1-9,11H,10H2/b19-9-. The number of halogens is 2. The summed E-state index contributed by atoms with van der Waals surface area (Å²) >= 11 is 17.7. The van der Waals surface area contributed by atoms with Gasteiger partial charge in [-0.1, -0.05) is 59.6 Å². The molecule has 116 valence electrons. The van der Waals surface area contributed by atoms with Crippen molar-refractivity contribution in [2.45, 2.75) is 6.54 Å². The van der Waals surface area contributed by atoms with E-state index in [1.807, 2.05) is 48.5 Å². The van der Waals surface area contributed by atoms with Crippen LogP contribution in [0.4, 0.5) is 0 Å². The Morgan fingerprint density at radius 3 is 2.48 bits per heavy atom. The smallest absolute Gasteiger partial charge is 0.219 e. The van der Waals surface area contributed by atoms with Crippen molar-refractivity contribution in [3.63, 3.8) is 0 Å². The van der Waals surface area contributed by atoms with Crippen molar-refractivity contribution in [3.05, 3.63) is 80.8 Å². The Bertz CT molecular complexity index is 914. The lowest BCUT2D eigenvalue weighted by molar-refractivity contribution is 0.666. The Morgan fingerprint density at radius 2 is 1.74 bits per heavy atom. The van der Waals surface area contributed by atoms with Gasteiger partial charge < -0.3 is 0 Å². The SMILES string of the molecule is S=c1n(/N=C\c2ccccc2Cl)cnn1Cc1ccccc1Cl. The average molecular weight is 363 g/mol. The minimum absolute atomic E-state index is 0.480. The van der Waals surface area contributed by atoms with Gasteiger partial charge in [-0.25, -0.2) is 4.68 Å². The molecule has 3 rings (SSSR count). The predicted octanol–water partition coefficient (Wildman–Crippen LogP) is 4.65. The average Bonchev–Trinajstić information content (AvgIpc) is 2.89. The van der Waals surface area contributed by atoms with E-state index in [-0.39, 0.29) is 0 Å². The van der Waals surface area contributed by atoms with Crippen LogP contribution < -0.4 is 0 Å². The minimum Gasteiger partial charge on any atom is -0.232 e. The monoisotopic (exact) mass is 362 g/mol. The number of nitrogens with zero attached hydrogens (tertiary/aromatic N) is 4. The summed E-state index contributed by atoms with van der Waals surface area (Å²) in [5.74, 6) is 0. The quantitative estimate of drug-likeness (QED) is 0.500. The van der Waals surface area contributed by atoms with E-state index in [4.69, 9.17) is 35.4 Å². The van der Waals surface area contributed by atoms with Gasteiger partial charge in [0.2, 0.25) is 4.77 Å². The topological polar surface area (TPSA) is 35.1 Å². The molecule has 0 bridgehead atoms. The van der Waals surface area contributed by atoms with Crippen LogP contribution in [0.1, 0.15) is 11.1 Å². The maximum absolute atomic E-state index is 6.17. The lowest BCUT2D eigenvalue weighted by atomic mass is 10.2. The van der Waals surface area contributed by atoms with Gasteiger partial charge in [-0.2, -0.15) is 14.9 Å². The van der Waals surface area contributed by atoms with E-state index in [1.165, 1.54) is 4.68 Å². The van der Waals surface area contributed by atoms with E-state index in [0.717, 1.165) is 11.1 Å². The normalized spacial score (nSPS) is 11.2. The first-order chi connectivity index (χ1) is 11.1. The third-order valence-electron chi connectivity index (χ3n) is 3.22. The molecule has 1 aromatic heterocycles. The molecule has 0 aliphatic carbocycles. The fourth-order valence-corrected chi connectivity index (χ4v) is 2.59. The number of hydrogen-bond donors (Lipinski definition) is 0. The van der Waals surface area contributed by atoms with Gasteiger partial charge in [-0.05, 0) is 29.9 Å². The molecule has 0 amide bonds. The van der Waals surface area contributed by atoms with Gasteiger partial charge in [0.25, 0.3) is 0 Å². The van der Waals surface area contributed by atoms with Gasteiger partial charge in [0.15, 0.2) is 0 Å². The maximum Gasteiger partial charge on any atom is 0.219 e. The van der Waals surface area contributed by atoms with E-state index in [9.17, 15) is 0 Å². The highest BCUT2D eigenvalue weighted by molar-refractivity contribution is 7.71. The molecule has 0 unspecified atom stereocenters. The highest BCUT2D eigenvalue weighted by Crippen LogP contribution is 2.16. The van der Waals surface area contributed by atoms with Crippen LogP contribution in [0.5, 0.6) is 0 Å². The fraction of sp³-hybridized carbons (Fsp3) is 0.0625. The molecule has 0 aliphatic rings. The van der Waals surface area contributed by atoms with Crippen LogP contribution in [-0.2, 0) is 6.54 Å². The molecule has 0 N–H and O–H groups in total. The lowest BCUT2D eigenvalue weighted by Gasteiger charge is -2.03. The zero-order valence-electron chi connectivity index (χ0n) is 11.9. The highest BCUT2D eigenvalue weighted by atomic mass is 35.5. The number of aromatic nitrogens is 3. The molecule has 0 fully saturated rings. The van der Waals surface area contributed by atoms with Crippen LogP contribution in [0, 0.1) is 4.77 Å². The Balaban J connectivity index is 1.84. The first-order valence-corrected chi connectivity index (χ1v) is 7.98. The molecule has 0 radical (unpaired) electrons. The second kappa shape index (κ2) is 7.08. The summed E-state index contributed by atoms with van der Waals surface area (Å²) in [6.45, 7) is 0.493. The van der Waals surface area contributed by atoms with Gasteiger partial charge in [0, 0.05) is 15.6 Å². The van der Waals surface area contributed by atoms with E-state index in [0.29, 0.717) is 21.4 Å². The van der Waals surface area contributed by atoms with Gasteiger partial charge >= 0.3 is 0 Å². The molecule has 7 heteroatoms. The van der Waals surface area contributed by atoms with Crippen LogP contribution in [-0.4, -0.2) is 20.7 Å². The molecule has 0 aliphatic heterocycles. The summed E-state index contributed by atoms with van der Waals surface area (Å²) in [6.07, 6.45) is 3.21. The summed E-state index contributed by atoms with van der Waals surface area (Å²) in [4.78, 5) is 0. The highest BCUT2D eigenvalue weighted by Gasteiger charge is 2.04. The first-order valence-electron chi connectivity index (χ1n) is 6.82. The molecule has 4 nitrogen and oxygen atoms in total. The minimum atomic E-state index is 0.480. The molecule has 1 heterocycles. The summed E-state index contributed by atoms with van der Waals surface area (Å²) in [6, 6.07) is 15.0. The largest absolute Gasteiger partial charge is 0.232 e. The van der Waals surface area contributed by atoms with Crippen LogP contribution >= 0.6 is 35.4 Å². The Morgan fingerprint density at radius 1 is 1.04 bits per heavy atom. The van der Waals surface area contributed by atoms with Crippen molar-refractivity contribution in [1.29, 1.82) is 0 Å². The van der Waals surface area contributed by atoms with E-state index < -0.39 is 0 Å². The molecule has 23 heavy (non-hydrogen) atoms. The van der Waals surface area contributed by atoms with Gasteiger partial charge in [-0.15, -0.1) is 0 Å². The first kappa shape index (κ1) is 15.9. The predicted molar refractivity (Wildman–Crippen MR) is 96.0 cm³/mol. The summed E-state index contributed by atoms with van der Waals surface area (Å²) < 4.78 is 3.67. The second-order valence-corrected chi connectivity index (χ2v) is 5.95. The van der Waals surface area contributed by atoms with E-state index in [1.54, 1.807) is 17.2 Å². The zero-order valence-corrected chi connectivity index (χ0v) is 14.3. The van der Waals surface area contributed by atoms with Crippen molar-refractivity contribution < 1.29 is 0 Å². The van der Waals surface area contributed by atoms with Gasteiger partial charge in [0.05, 0.1) is 12.8 Å². The van der Waals surface area contributed by atoms with Crippen LogP contribution in [0.3, 0.4) is 0 Å². The van der Waals surface area contributed by atoms with Crippen molar-refractivity contribution in [2.24, 2.45) is 5.10 Å². The zero-order chi connectivity index (χ0) is 16.2. The van der Waals surface area contributed by atoms with E-state index >= 15 is 0 Å². The molecule has 0 saturated carbocycles. The van der Waals surface area contributed by atoms with E-state index in [2.05, 4.69) is 10.2 Å². The third kappa shape index (κ3) is 3.69. The fourth-order valence-electron chi connectivity index (χ4n) is 2.01. The summed E-state index contributed by atoms with van der Waals surface area (Å²) in [5.41, 5.74) is 1.76. The number of benzene rings is 2. The molecular formula is C16H12Cl2N4S. The van der Waals surface area contributed by atoms with Crippen LogP contribution in [0.2, 0.25) is 10.0 Å². The molecule has 0 atom stereocenters. The lowest BCUT2D eigenvalue weighted by Crippen LogP contribution is -2.03. The molecule has 3 aromatic rings. The Kier molecular flexibility index (Phi) is 4.91. The Labute approximate surface area is 148 Å². The molecular weight excluding hydrogens is 351 g/mol. The van der Waals surface area contributed by atoms with Crippen molar-refractivity contribution in [2.75, 3.05) is 0 Å². The summed E-state index contributed by atoms with van der Waals surface area (Å²) in [5, 5.41) is 9.88. The molecule has 0 spiro atoms. The second-order valence-electron chi connectivity index (χ2n) is 4.77. The van der Waals surface area contributed by atoms with Gasteiger partial charge in [-0.3, -0.25) is 0 Å². The summed E-state index contributed by atoms with van der Waals surface area (Å²) in [7, 11) is 0. The third-order valence-corrected chi connectivity index (χ3v) is 4.33. The number of hydrogen-bond acceptors (Lipinski definition) is 3. The van der Waals surface area contributed by atoms with Crippen molar-refractivity contribution in [3.8, 4) is 0 Å². The van der Waals surface area contributed by atoms with Crippen molar-refractivity contribution >= 4 is 41.6 Å². The molecule has 0 saturated heterocycles. The van der Waals surface area contributed by atoms with Crippen LogP contribution in [0.25, 0.3) is 0 Å². The number of rotatable bonds is 4. The Hall–Kier alpha value is -1.95. The maximum atomic E-state index is 6.17.